The molecule has 0 aromatic rings. The number of nitrogens with one attached hydrogen (secondary N) is 2. The fourth-order valence-corrected chi connectivity index (χ4v) is 1.99. The van der Waals surface area contributed by atoms with Gasteiger partial charge in [0.05, 0.1) is 18.6 Å². The molecule has 0 heterocycles. The lowest BCUT2D eigenvalue weighted by Crippen LogP contribution is -2.45. The van der Waals surface area contributed by atoms with Crippen LogP contribution in [0.3, 0.4) is 0 Å². The Hall–Kier alpha value is -1.33. The second kappa shape index (κ2) is 7.09. The maximum absolute atomic E-state index is 11.4. The summed E-state index contributed by atoms with van der Waals surface area (Å²) in [7, 11) is -3.99. The van der Waals surface area contributed by atoms with Gasteiger partial charge in [-0.15, -0.1) is 0 Å². The Morgan fingerprint density at radius 3 is 2.47 bits per heavy atom. The van der Waals surface area contributed by atoms with E-state index in [1.807, 2.05) is 6.07 Å². The van der Waals surface area contributed by atoms with Crippen molar-refractivity contribution in [2.45, 2.75) is 45.8 Å². The smallest absolute Gasteiger partial charge is 0.422 e. The molecule has 8 heteroatoms. The van der Waals surface area contributed by atoms with Crippen LogP contribution >= 0.6 is 0 Å². The zero-order valence-corrected chi connectivity index (χ0v) is 10.9. The van der Waals surface area contributed by atoms with E-state index in [1.165, 1.54) is 0 Å². The average molecular weight is 263 g/mol. The second-order valence-corrected chi connectivity index (χ2v) is 5.09. The molecule has 1 atom stereocenters. The SMILES string of the molecule is CCC(CC#N)NS(=O)(=O)NC(=O)OC(C)C. The number of hydrogen-bond acceptors (Lipinski definition) is 5. The zero-order valence-electron chi connectivity index (χ0n) is 10.1. The van der Waals surface area contributed by atoms with Crippen LogP contribution in [0.4, 0.5) is 4.79 Å². The normalized spacial score (nSPS) is 12.9. The first-order valence-electron chi connectivity index (χ1n) is 5.18. The van der Waals surface area contributed by atoms with Crippen molar-refractivity contribution in [3.63, 3.8) is 0 Å². The van der Waals surface area contributed by atoms with Crippen molar-refractivity contribution in [3.05, 3.63) is 0 Å². The molecule has 0 saturated heterocycles. The van der Waals surface area contributed by atoms with Crippen LogP contribution in [0, 0.1) is 11.3 Å². The van der Waals surface area contributed by atoms with E-state index in [4.69, 9.17) is 5.26 Å². The standard InChI is InChI=1S/C9H17N3O4S/c1-4-8(5-6-10)11-17(14,15)12-9(13)16-7(2)3/h7-8,11H,4-5H2,1-3H3,(H,12,13). The van der Waals surface area contributed by atoms with Gasteiger partial charge in [0.25, 0.3) is 0 Å². The highest BCUT2D eigenvalue weighted by atomic mass is 32.2. The Morgan fingerprint density at radius 2 is 2.06 bits per heavy atom. The molecule has 0 aromatic heterocycles. The van der Waals surface area contributed by atoms with Gasteiger partial charge in [-0.1, -0.05) is 6.92 Å². The summed E-state index contributed by atoms with van der Waals surface area (Å²) in [6.45, 7) is 4.94. The lowest BCUT2D eigenvalue weighted by Gasteiger charge is -2.15. The molecule has 98 valence electrons. The van der Waals surface area contributed by atoms with Crippen LogP contribution < -0.4 is 9.44 Å². The van der Waals surface area contributed by atoms with E-state index in [9.17, 15) is 13.2 Å². The molecule has 0 rings (SSSR count). The summed E-state index contributed by atoms with van der Waals surface area (Å²) in [5, 5.41) is 8.47. The van der Waals surface area contributed by atoms with Gasteiger partial charge in [-0.3, -0.25) is 0 Å². The monoisotopic (exact) mass is 263 g/mol. The Labute approximate surface area is 101 Å². The summed E-state index contributed by atoms with van der Waals surface area (Å²) in [5.41, 5.74) is 0. The van der Waals surface area contributed by atoms with Crippen LogP contribution in [0.25, 0.3) is 0 Å². The molecule has 0 spiro atoms. The van der Waals surface area contributed by atoms with Crippen molar-refractivity contribution in [1.29, 1.82) is 5.26 Å². The van der Waals surface area contributed by atoms with Gasteiger partial charge in [-0.05, 0) is 20.3 Å². The minimum absolute atomic E-state index is 0.0383. The molecule has 0 fully saturated rings. The van der Waals surface area contributed by atoms with E-state index in [2.05, 4.69) is 9.46 Å². The van der Waals surface area contributed by atoms with Gasteiger partial charge in [0.15, 0.2) is 0 Å². The first-order valence-corrected chi connectivity index (χ1v) is 6.66. The fourth-order valence-electron chi connectivity index (χ4n) is 0.976. The predicted octanol–water partition coefficient (Wildman–Crippen LogP) is 0.648. The fraction of sp³-hybridized carbons (Fsp3) is 0.778. The van der Waals surface area contributed by atoms with Gasteiger partial charge in [-0.25, -0.2) is 9.52 Å². The highest BCUT2D eigenvalue weighted by molar-refractivity contribution is 7.88. The third-order valence-corrected chi connectivity index (χ3v) is 2.79. The number of carbonyl (C=O) groups excluding carboxylic acids is 1. The first-order chi connectivity index (χ1) is 7.80. The lowest BCUT2D eigenvalue weighted by molar-refractivity contribution is 0.121. The Balaban J connectivity index is 4.39. The van der Waals surface area contributed by atoms with Crippen molar-refractivity contribution < 1.29 is 17.9 Å². The second-order valence-electron chi connectivity index (χ2n) is 3.64. The maximum atomic E-state index is 11.4. The number of carbonyl (C=O) groups is 1. The molecule has 1 unspecified atom stereocenters. The van der Waals surface area contributed by atoms with Crippen LogP contribution in [0.2, 0.25) is 0 Å². The number of rotatable bonds is 6. The Kier molecular flexibility index (Phi) is 6.53. The van der Waals surface area contributed by atoms with Crippen LogP contribution in [0.1, 0.15) is 33.6 Å². The summed E-state index contributed by atoms with van der Waals surface area (Å²) in [6.07, 6.45) is -0.963. The zero-order chi connectivity index (χ0) is 13.5. The van der Waals surface area contributed by atoms with Crippen LogP contribution in [-0.2, 0) is 14.9 Å². The first kappa shape index (κ1) is 15.7. The third-order valence-electron chi connectivity index (χ3n) is 1.71. The minimum Gasteiger partial charge on any atom is -0.446 e. The molecule has 17 heavy (non-hydrogen) atoms. The van der Waals surface area contributed by atoms with Gasteiger partial charge >= 0.3 is 16.3 Å². The molecule has 0 saturated carbocycles. The molecule has 0 aliphatic heterocycles. The van der Waals surface area contributed by atoms with Crippen LogP contribution in [0.15, 0.2) is 0 Å². The van der Waals surface area contributed by atoms with E-state index in [1.54, 1.807) is 25.5 Å². The highest BCUT2D eigenvalue weighted by Crippen LogP contribution is 1.98. The highest BCUT2D eigenvalue weighted by Gasteiger charge is 2.19. The molecule has 0 radical (unpaired) electrons. The van der Waals surface area contributed by atoms with E-state index in [-0.39, 0.29) is 6.42 Å². The molecular weight excluding hydrogens is 246 g/mol. The molecule has 7 nitrogen and oxygen atoms in total. The van der Waals surface area contributed by atoms with Crippen molar-refractivity contribution in [3.8, 4) is 6.07 Å². The predicted molar refractivity (Wildman–Crippen MR) is 61.1 cm³/mol. The van der Waals surface area contributed by atoms with Crippen molar-refractivity contribution in [2.24, 2.45) is 0 Å². The average Bonchev–Trinajstić information content (AvgIpc) is 2.14. The molecule has 1 amide bonds. The van der Waals surface area contributed by atoms with Gasteiger partial charge in [0, 0.05) is 6.04 Å². The number of nitriles is 1. The van der Waals surface area contributed by atoms with Gasteiger partial charge in [0.2, 0.25) is 0 Å². The molecule has 0 aliphatic carbocycles. The molecular formula is C9H17N3O4S. The molecule has 2 N–H and O–H groups in total. The van der Waals surface area contributed by atoms with E-state index < -0.39 is 28.4 Å². The number of hydrogen-bond donors (Lipinski definition) is 2. The van der Waals surface area contributed by atoms with Gasteiger partial charge in [0.1, 0.15) is 0 Å². The van der Waals surface area contributed by atoms with Gasteiger partial charge in [-0.2, -0.15) is 18.4 Å². The van der Waals surface area contributed by atoms with E-state index >= 15 is 0 Å². The van der Waals surface area contributed by atoms with Crippen molar-refractivity contribution >= 4 is 16.3 Å². The summed E-state index contributed by atoms with van der Waals surface area (Å²) in [4.78, 5) is 11.1. The summed E-state index contributed by atoms with van der Waals surface area (Å²) < 4.78 is 31.4. The number of amides is 1. The van der Waals surface area contributed by atoms with Crippen LogP contribution in [0.5, 0.6) is 0 Å². The molecule has 0 bridgehead atoms. The maximum Gasteiger partial charge on any atom is 0.422 e. The van der Waals surface area contributed by atoms with Crippen LogP contribution in [-0.4, -0.2) is 26.7 Å². The Bertz CT molecular complexity index is 386. The quantitative estimate of drug-likeness (QED) is 0.731. The minimum atomic E-state index is -3.99. The van der Waals surface area contributed by atoms with E-state index in [0.29, 0.717) is 6.42 Å². The van der Waals surface area contributed by atoms with Gasteiger partial charge < -0.3 is 4.74 Å². The molecule has 0 aromatic carbocycles. The number of nitrogens with zero attached hydrogens (tertiary/aromatic N) is 1. The largest absolute Gasteiger partial charge is 0.446 e. The van der Waals surface area contributed by atoms with E-state index in [0.717, 1.165) is 0 Å². The summed E-state index contributed by atoms with van der Waals surface area (Å²) in [6, 6.07) is 1.33. The molecule has 0 aliphatic rings. The summed E-state index contributed by atoms with van der Waals surface area (Å²) >= 11 is 0. The van der Waals surface area contributed by atoms with Crippen molar-refractivity contribution in [1.82, 2.24) is 9.44 Å². The summed E-state index contributed by atoms with van der Waals surface area (Å²) in [5.74, 6) is 0. The number of ether oxygens (including phenoxy) is 1. The third kappa shape index (κ3) is 7.54. The van der Waals surface area contributed by atoms with Crippen molar-refractivity contribution in [2.75, 3.05) is 0 Å². The Morgan fingerprint density at radius 1 is 1.47 bits per heavy atom. The lowest BCUT2D eigenvalue weighted by atomic mass is 10.2. The topological polar surface area (TPSA) is 108 Å².